The van der Waals surface area contributed by atoms with Crippen LogP contribution in [0, 0.1) is 0 Å². The summed E-state index contributed by atoms with van der Waals surface area (Å²) in [5.41, 5.74) is 0.348. The third-order valence-electron chi connectivity index (χ3n) is 4.68. The molecule has 0 saturated carbocycles. The predicted molar refractivity (Wildman–Crippen MR) is 111 cm³/mol. The first kappa shape index (κ1) is 21.6. The third kappa shape index (κ3) is 5.10. The molecule has 1 atom stereocenters. The summed E-state index contributed by atoms with van der Waals surface area (Å²) in [6, 6.07) is 4.25. The van der Waals surface area contributed by atoms with E-state index in [0.29, 0.717) is 41.1 Å². The van der Waals surface area contributed by atoms with E-state index in [4.69, 9.17) is 25.8 Å². The molecule has 1 aromatic carbocycles. The van der Waals surface area contributed by atoms with Crippen molar-refractivity contribution in [2.24, 2.45) is 0 Å². The quantitative estimate of drug-likeness (QED) is 0.663. The Bertz CT molecular complexity index is 896. The molecule has 0 radical (unpaired) electrons. The number of piperidine rings is 1. The topological polar surface area (TPSA) is 103 Å². The van der Waals surface area contributed by atoms with Crippen molar-refractivity contribution in [1.82, 2.24) is 9.97 Å². The van der Waals surface area contributed by atoms with Gasteiger partial charge in [0.15, 0.2) is 6.61 Å². The number of carbonyl (C=O) groups excluding carboxylic acids is 2. The van der Waals surface area contributed by atoms with E-state index < -0.39 is 24.5 Å². The second kappa shape index (κ2) is 10.1. The first-order valence-corrected chi connectivity index (χ1v) is 9.83. The number of hydrogen-bond acceptors (Lipinski definition) is 8. The number of nitrogens with zero attached hydrogens (tertiary/aromatic N) is 3. The van der Waals surface area contributed by atoms with Gasteiger partial charge in [-0.25, -0.2) is 14.8 Å². The number of halogens is 1. The second-order valence-corrected chi connectivity index (χ2v) is 7.00. The number of esters is 1. The lowest BCUT2D eigenvalue weighted by Gasteiger charge is -2.33. The van der Waals surface area contributed by atoms with Crippen LogP contribution in [-0.2, 0) is 14.3 Å². The molecule has 9 nitrogen and oxygen atoms in total. The van der Waals surface area contributed by atoms with E-state index in [1.54, 1.807) is 24.5 Å². The van der Waals surface area contributed by atoms with Crippen molar-refractivity contribution in [2.45, 2.75) is 25.3 Å². The van der Waals surface area contributed by atoms with E-state index in [1.807, 2.05) is 4.90 Å². The van der Waals surface area contributed by atoms with Crippen molar-refractivity contribution in [1.29, 1.82) is 0 Å². The molecule has 1 fully saturated rings. The summed E-state index contributed by atoms with van der Waals surface area (Å²) in [5.74, 6) is 0.258. The Hall–Kier alpha value is -3.07. The van der Waals surface area contributed by atoms with Gasteiger partial charge in [0.25, 0.3) is 5.91 Å². The number of carbonyl (C=O) groups is 2. The van der Waals surface area contributed by atoms with E-state index in [-0.39, 0.29) is 0 Å². The Labute approximate surface area is 179 Å². The maximum atomic E-state index is 12.6. The number of amides is 1. The molecule has 30 heavy (non-hydrogen) atoms. The minimum absolute atomic E-state index is 0.311. The summed E-state index contributed by atoms with van der Waals surface area (Å²) < 4.78 is 15.6. The number of rotatable bonds is 7. The SMILES string of the molecule is COc1cc(OC)c(NC(=O)COC(=O)C2CCCCN2c2ncccn2)cc1Cl. The fraction of sp³-hybridized carbons (Fsp3) is 0.400. The first-order chi connectivity index (χ1) is 14.5. The molecular weight excluding hydrogens is 412 g/mol. The minimum Gasteiger partial charge on any atom is -0.495 e. The van der Waals surface area contributed by atoms with Gasteiger partial charge >= 0.3 is 5.97 Å². The van der Waals surface area contributed by atoms with E-state index in [2.05, 4.69) is 15.3 Å². The molecule has 0 aliphatic carbocycles. The molecule has 1 saturated heterocycles. The molecule has 1 aromatic heterocycles. The number of anilines is 2. The standard InChI is InChI=1S/C20H23ClN4O5/c1-28-16-11-17(29-2)14(10-13(16)21)24-18(26)12-30-19(27)15-6-3-4-9-25(15)20-22-7-5-8-23-20/h5,7-8,10-11,15H,3-4,6,9,12H2,1-2H3,(H,24,26). The van der Waals surface area contributed by atoms with Crippen molar-refractivity contribution >= 4 is 35.1 Å². The van der Waals surface area contributed by atoms with E-state index in [1.165, 1.54) is 20.3 Å². The molecular formula is C20H23ClN4O5. The van der Waals surface area contributed by atoms with Crippen molar-refractivity contribution in [3.8, 4) is 11.5 Å². The largest absolute Gasteiger partial charge is 0.495 e. The molecule has 0 bridgehead atoms. The van der Waals surface area contributed by atoms with Gasteiger partial charge in [-0.3, -0.25) is 4.79 Å². The number of ether oxygens (including phenoxy) is 3. The van der Waals surface area contributed by atoms with Crippen LogP contribution in [0.1, 0.15) is 19.3 Å². The van der Waals surface area contributed by atoms with Crippen molar-refractivity contribution < 1.29 is 23.8 Å². The van der Waals surface area contributed by atoms with Crippen molar-refractivity contribution in [3.05, 3.63) is 35.6 Å². The van der Waals surface area contributed by atoms with E-state index >= 15 is 0 Å². The highest BCUT2D eigenvalue weighted by Crippen LogP contribution is 2.35. The maximum absolute atomic E-state index is 12.6. The highest BCUT2D eigenvalue weighted by molar-refractivity contribution is 6.32. The molecule has 3 rings (SSSR count). The summed E-state index contributed by atoms with van der Waals surface area (Å²) in [6.07, 6.45) is 5.68. The lowest BCUT2D eigenvalue weighted by Crippen LogP contribution is -2.47. The molecule has 1 N–H and O–H groups in total. The summed E-state index contributed by atoms with van der Waals surface area (Å²) in [6.45, 7) is 0.211. The molecule has 160 valence electrons. The smallest absolute Gasteiger partial charge is 0.329 e. The predicted octanol–water partition coefficient (Wildman–Crippen LogP) is 2.69. The van der Waals surface area contributed by atoms with Gasteiger partial charge in [0.1, 0.15) is 17.5 Å². The fourth-order valence-electron chi connectivity index (χ4n) is 3.23. The van der Waals surface area contributed by atoms with Gasteiger partial charge in [-0.2, -0.15) is 0 Å². The fourth-order valence-corrected chi connectivity index (χ4v) is 3.47. The second-order valence-electron chi connectivity index (χ2n) is 6.60. The van der Waals surface area contributed by atoms with Crippen LogP contribution in [-0.4, -0.2) is 55.3 Å². The third-order valence-corrected chi connectivity index (χ3v) is 4.97. The molecule has 1 aliphatic heterocycles. The van der Waals surface area contributed by atoms with Crippen LogP contribution in [0.5, 0.6) is 11.5 Å². The molecule has 2 aromatic rings. The normalized spacial score (nSPS) is 16.0. The highest BCUT2D eigenvalue weighted by Gasteiger charge is 2.32. The molecule has 0 spiro atoms. The minimum atomic E-state index is -0.529. The molecule has 1 amide bonds. The van der Waals surface area contributed by atoms with Crippen LogP contribution in [0.2, 0.25) is 5.02 Å². The Balaban J connectivity index is 1.61. The lowest BCUT2D eigenvalue weighted by atomic mass is 10.0. The number of benzene rings is 1. The number of hydrogen-bond donors (Lipinski definition) is 1. The summed E-state index contributed by atoms with van der Waals surface area (Å²) in [7, 11) is 2.94. The lowest BCUT2D eigenvalue weighted by molar-refractivity contribution is -0.149. The van der Waals surface area contributed by atoms with E-state index in [0.717, 1.165) is 12.8 Å². The van der Waals surface area contributed by atoms with Gasteiger partial charge in [-0.05, 0) is 31.4 Å². The molecule has 10 heteroatoms. The van der Waals surface area contributed by atoms with Crippen LogP contribution in [0.15, 0.2) is 30.6 Å². The molecule has 1 unspecified atom stereocenters. The van der Waals surface area contributed by atoms with Crippen molar-refractivity contribution in [2.75, 3.05) is 37.6 Å². The van der Waals surface area contributed by atoms with Crippen LogP contribution in [0.4, 0.5) is 11.6 Å². The zero-order valence-electron chi connectivity index (χ0n) is 16.8. The highest BCUT2D eigenvalue weighted by atomic mass is 35.5. The zero-order chi connectivity index (χ0) is 21.5. The first-order valence-electron chi connectivity index (χ1n) is 9.45. The number of methoxy groups -OCH3 is 2. The Kier molecular flexibility index (Phi) is 7.29. The summed E-state index contributed by atoms with van der Waals surface area (Å²) in [5, 5.41) is 2.95. The average Bonchev–Trinajstić information content (AvgIpc) is 2.78. The van der Waals surface area contributed by atoms with Crippen LogP contribution in [0.25, 0.3) is 0 Å². The van der Waals surface area contributed by atoms with Gasteiger partial charge in [0, 0.05) is 25.0 Å². The number of nitrogens with one attached hydrogen (secondary N) is 1. The molecule has 1 aliphatic rings. The zero-order valence-corrected chi connectivity index (χ0v) is 17.5. The van der Waals surface area contributed by atoms with E-state index in [9.17, 15) is 9.59 Å². The van der Waals surface area contributed by atoms with Gasteiger partial charge in [0.05, 0.1) is 24.9 Å². The summed E-state index contributed by atoms with van der Waals surface area (Å²) in [4.78, 5) is 35.2. The van der Waals surface area contributed by atoms with Gasteiger partial charge in [0.2, 0.25) is 5.95 Å². The van der Waals surface area contributed by atoms with Crippen LogP contribution >= 0.6 is 11.6 Å². The Morgan fingerprint density at radius 3 is 2.60 bits per heavy atom. The van der Waals surface area contributed by atoms with Crippen molar-refractivity contribution in [3.63, 3.8) is 0 Å². The van der Waals surface area contributed by atoms with Crippen LogP contribution in [0.3, 0.4) is 0 Å². The van der Waals surface area contributed by atoms with Crippen LogP contribution < -0.4 is 19.7 Å². The monoisotopic (exact) mass is 434 g/mol. The molecule has 2 heterocycles. The van der Waals surface area contributed by atoms with Gasteiger partial charge in [-0.15, -0.1) is 0 Å². The Morgan fingerprint density at radius 2 is 1.90 bits per heavy atom. The maximum Gasteiger partial charge on any atom is 0.329 e. The van der Waals surface area contributed by atoms with Gasteiger partial charge < -0.3 is 24.4 Å². The Morgan fingerprint density at radius 1 is 1.17 bits per heavy atom. The van der Waals surface area contributed by atoms with Gasteiger partial charge in [-0.1, -0.05) is 11.6 Å². The number of aromatic nitrogens is 2. The average molecular weight is 435 g/mol. The summed E-state index contributed by atoms with van der Waals surface area (Å²) >= 11 is 6.11.